The van der Waals surface area contributed by atoms with E-state index < -0.39 is 18.0 Å². The summed E-state index contributed by atoms with van der Waals surface area (Å²) in [5.74, 6) is -0.670. The first-order valence-corrected chi connectivity index (χ1v) is 14.1. The van der Waals surface area contributed by atoms with Crippen molar-refractivity contribution in [3.8, 4) is 16.9 Å². The molecular weight excluding hydrogens is 609 g/mol. The second-order valence-electron chi connectivity index (χ2n) is 9.69. The van der Waals surface area contributed by atoms with Crippen molar-refractivity contribution in [1.29, 1.82) is 0 Å². The summed E-state index contributed by atoms with van der Waals surface area (Å²) in [4.78, 5) is 38.7. The summed E-state index contributed by atoms with van der Waals surface area (Å²) in [5, 5.41) is 35.5. The molecule has 0 spiro atoms. The molecule has 5 rings (SSSR count). The van der Waals surface area contributed by atoms with Crippen LogP contribution in [0.2, 0.25) is 10.2 Å². The summed E-state index contributed by atoms with van der Waals surface area (Å²) < 4.78 is 1.46. The lowest BCUT2D eigenvalue weighted by Crippen LogP contribution is -2.27. The monoisotopic (exact) mass is 633 g/mol. The van der Waals surface area contributed by atoms with Crippen molar-refractivity contribution in [1.82, 2.24) is 35.7 Å². The number of amides is 3. The quantitative estimate of drug-likeness (QED) is 0.200. The van der Waals surface area contributed by atoms with Gasteiger partial charge in [-0.3, -0.25) is 14.5 Å². The molecule has 0 saturated heterocycles. The van der Waals surface area contributed by atoms with Gasteiger partial charge in [0.05, 0.1) is 17.4 Å². The fourth-order valence-electron chi connectivity index (χ4n) is 4.58. The van der Waals surface area contributed by atoms with E-state index in [1.165, 1.54) is 24.1 Å². The number of nitrogens with zero attached hydrogens (tertiary/aromatic N) is 7. The van der Waals surface area contributed by atoms with Crippen LogP contribution in [0.15, 0.2) is 67.0 Å². The summed E-state index contributed by atoms with van der Waals surface area (Å²) in [6.45, 7) is 0. The summed E-state index contributed by atoms with van der Waals surface area (Å²) in [5.41, 5.74) is 3.28. The number of allylic oxidation sites excluding steroid dienone is 1. The van der Waals surface area contributed by atoms with Gasteiger partial charge in [-0.2, -0.15) is 4.68 Å². The molecule has 1 unspecified atom stereocenters. The molecule has 15 heteroatoms. The molecule has 224 valence electrons. The van der Waals surface area contributed by atoms with Gasteiger partial charge in [-0.05, 0) is 71.8 Å². The zero-order chi connectivity index (χ0) is 31.2. The highest BCUT2D eigenvalue weighted by atomic mass is 35.5. The van der Waals surface area contributed by atoms with Gasteiger partial charge in [0, 0.05) is 46.9 Å². The Balaban J connectivity index is 1.52. The lowest BCUT2D eigenvalue weighted by molar-refractivity contribution is -0.117. The van der Waals surface area contributed by atoms with Crippen molar-refractivity contribution >= 4 is 58.6 Å². The van der Waals surface area contributed by atoms with Crippen molar-refractivity contribution < 1.29 is 19.5 Å². The van der Waals surface area contributed by atoms with E-state index in [0.717, 1.165) is 4.90 Å². The van der Waals surface area contributed by atoms with Crippen molar-refractivity contribution in [2.24, 2.45) is 0 Å². The van der Waals surface area contributed by atoms with Crippen LogP contribution in [0.5, 0.6) is 0 Å². The second-order valence-corrected chi connectivity index (χ2v) is 10.5. The maximum atomic E-state index is 13.3. The third-order valence-corrected chi connectivity index (χ3v) is 7.19. The van der Waals surface area contributed by atoms with E-state index in [4.69, 9.17) is 23.2 Å². The Bertz CT molecular complexity index is 1780. The zero-order valence-corrected chi connectivity index (χ0v) is 24.7. The molecule has 3 amide bonds. The first kappa shape index (κ1) is 30.3. The lowest BCUT2D eigenvalue weighted by atomic mass is 9.96. The molecule has 0 saturated carbocycles. The highest BCUT2D eigenvalue weighted by Gasteiger charge is 2.23. The maximum Gasteiger partial charge on any atom is 0.411 e. The van der Waals surface area contributed by atoms with E-state index in [1.54, 1.807) is 48.5 Å². The van der Waals surface area contributed by atoms with Gasteiger partial charge in [0.2, 0.25) is 11.8 Å². The number of aromatic nitrogens is 6. The number of carbonyl (C=O) groups excluding carboxylic acids is 2. The first-order chi connectivity index (χ1) is 21.2. The number of hydrogen-bond acceptors (Lipinski definition) is 8. The molecule has 2 aromatic carbocycles. The summed E-state index contributed by atoms with van der Waals surface area (Å²) >= 11 is 12.5. The van der Waals surface area contributed by atoms with E-state index in [1.807, 2.05) is 12.2 Å². The maximum absolute atomic E-state index is 13.3. The summed E-state index contributed by atoms with van der Waals surface area (Å²) in [7, 11) is 1.40. The van der Waals surface area contributed by atoms with Crippen LogP contribution >= 0.6 is 23.2 Å². The number of carboxylic acid groups (broad SMARTS) is 1. The summed E-state index contributed by atoms with van der Waals surface area (Å²) in [6.07, 6.45) is 7.97. The molecule has 2 aromatic heterocycles. The molecule has 1 aliphatic heterocycles. The van der Waals surface area contributed by atoms with E-state index >= 15 is 0 Å². The van der Waals surface area contributed by atoms with Crippen molar-refractivity contribution in [3.05, 3.63) is 88.3 Å². The molecule has 3 heterocycles. The predicted molar refractivity (Wildman–Crippen MR) is 165 cm³/mol. The Labute approximate surface area is 261 Å². The Hall–Kier alpha value is -5.14. The molecule has 0 fully saturated rings. The van der Waals surface area contributed by atoms with Crippen LogP contribution < -0.4 is 15.5 Å². The Kier molecular flexibility index (Phi) is 9.26. The highest BCUT2D eigenvalue weighted by Crippen LogP contribution is 2.36. The number of benzene rings is 2. The second kappa shape index (κ2) is 13.4. The predicted octanol–water partition coefficient (Wildman–Crippen LogP) is 5.09. The largest absolute Gasteiger partial charge is 0.465 e. The SMILES string of the molecule is CN(C(=O)O)c1ccc2c(c1)NC(=O)CC/C=C/CC(NC(=O)/C=C/c1cc(Cl)ccc1-n1cnnn1)c1cc(Cl)nnc1-2. The number of carbonyl (C=O) groups is 3. The minimum Gasteiger partial charge on any atom is -0.465 e. The Morgan fingerprint density at radius 2 is 1.98 bits per heavy atom. The minimum atomic E-state index is -1.17. The molecule has 0 bridgehead atoms. The van der Waals surface area contributed by atoms with Crippen LogP contribution in [0.4, 0.5) is 16.2 Å². The zero-order valence-electron chi connectivity index (χ0n) is 23.2. The van der Waals surface area contributed by atoms with Gasteiger partial charge in [-0.25, -0.2) is 4.79 Å². The van der Waals surface area contributed by atoms with Gasteiger partial charge < -0.3 is 15.7 Å². The smallest absolute Gasteiger partial charge is 0.411 e. The number of halogens is 2. The van der Waals surface area contributed by atoms with Crippen molar-refractivity contribution in [2.75, 3.05) is 17.3 Å². The third kappa shape index (κ3) is 7.07. The molecule has 44 heavy (non-hydrogen) atoms. The Morgan fingerprint density at radius 1 is 1.14 bits per heavy atom. The normalized spacial score (nSPS) is 15.7. The van der Waals surface area contributed by atoms with Crippen molar-refractivity contribution in [3.63, 3.8) is 0 Å². The molecule has 13 nitrogen and oxygen atoms in total. The van der Waals surface area contributed by atoms with E-state index in [2.05, 4.69) is 36.4 Å². The van der Waals surface area contributed by atoms with E-state index in [9.17, 15) is 19.5 Å². The molecule has 1 atom stereocenters. The van der Waals surface area contributed by atoms with Gasteiger partial charge >= 0.3 is 6.09 Å². The average Bonchev–Trinajstić information content (AvgIpc) is 3.53. The molecule has 0 aliphatic carbocycles. The fraction of sp³-hybridized carbons (Fsp3) is 0.172. The standard InChI is InChI=1S/C29H25Cl2N9O4/c1-39(29(43)44)19-9-10-20-23(14-19)34-26(41)6-4-2-3-5-22(21-15-25(31)35-36-28(20)21)33-27(42)12-7-17-13-18(30)8-11-24(17)40-16-32-37-38-40/h2-3,7-16,22H,4-6H2,1H3,(H,33,42)(H,34,41)(H,43,44)/b3-2+,12-7+. The minimum absolute atomic E-state index is 0.104. The van der Waals surface area contributed by atoms with Crippen molar-refractivity contribution in [2.45, 2.75) is 25.3 Å². The van der Waals surface area contributed by atoms with Gasteiger partial charge in [0.1, 0.15) is 12.0 Å². The molecule has 4 aromatic rings. The van der Waals surface area contributed by atoms with Crippen LogP contribution in [0.1, 0.15) is 36.4 Å². The first-order valence-electron chi connectivity index (χ1n) is 13.3. The molecule has 0 radical (unpaired) electrons. The molecular formula is C29H25Cl2N9O4. The lowest BCUT2D eigenvalue weighted by Gasteiger charge is -2.22. The van der Waals surface area contributed by atoms with E-state index in [0.29, 0.717) is 57.3 Å². The third-order valence-electron chi connectivity index (χ3n) is 6.77. The van der Waals surface area contributed by atoms with Crippen LogP contribution in [-0.2, 0) is 9.59 Å². The van der Waals surface area contributed by atoms with Gasteiger partial charge in [0.25, 0.3) is 0 Å². The van der Waals surface area contributed by atoms with Gasteiger partial charge in [-0.1, -0.05) is 35.4 Å². The van der Waals surface area contributed by atoms with Crippen LogP contribution in [-0.4, -0.2) is 60.5 Å². The molecule has 1 aliphatic rings. The Morgan fingerprint density at radius 3 is 2.75 bits per heavy atom. The van der Waals surface area contributed by atoms with Crippen LogP contribution in [0.25, 0.3) is 23.0 Å². The number of rotatable bonds is 5. The van der Waals surface area contributed by atoms with Crippen LogP contribution in [0, 0.1) is 0 Å². The average molecular weight is 634 g/mol. The number of tetrazole rings is 1. The molecule has 3 N–H and O–H groups in total. The van der Waals surface area contributed by atoms with E-state index in [-0.39, 0.29) is 17.5 Å². The highest BCUT2D eigenvalue weighted by molar-refractivity contribution is 6.30. The topological polar surface area (TPSA) is 168 Å². The van der Waals surface area contributed by atoms with Crippen LogP contribution in [0.3, 0.4) is 0 Å². The number of hydrogen-bond donors (Lipinski definition) is 3. The number of nitrogens with one attached hydrogen (secondary N) is 2. The van der Waals surface area contributed by atoms with Gasteiger partial charge in [0.15, 0.2) is 5.15 Å². The fourth-order valence-corrected chi connectivity index (χ4v) is 4.92. The summed E-state index contributed by atoms with van der Waals surface area (Å²) in [6, 6.07) is 10.9. The van der Waals surface area contributed by atoms with Gasteiger partial charge in [-0.15, -0.1) is 15.3 Å². The number of anilines is 2. The number of fused-ring (bicyclic) bond motifs is 3.